The summed E-state index contributed by atoms with van der Waals surface area (Å²) >= 11 is 0. The van der Waals surface area contributed by atoms with Crippen LogP contribution in [-0.2, 0) is 0 Å². The van der Waals surface area contributed by atoms with Gasteiger partial charge in [0.25, 0.3) is 0 Å². The molecule has 0 saturated heterocycles. The molecule has 1 aromatic carbocycles. The summed E-state index contributed by atoms with van der Waals surface area (Å²) in [5, 5.41) is 20.6. The summed E-state index contributed by atoms with van der Waals surface area (Å²) in [6.07, 6.45) is 0.500. The van der Waals surface area contributed by atoms with Crippen molar-refractivity contribution in [1.29, 1.82) is 0 Å². The zero-order valence-corrected chi connectivity index (χ0v) is 11.5. The molecule has 2 amide bonds. The molecule has 19 heavy (non-hydrogen) atoms. The number of aryl methyl sites for hydroxylation is 2. The van der Waals surface area contributed by atoms with E-state index < -0.39 is 0 Å². The summed E-state index contributed by atoms with van der Waals surface area (Å²) < 4.78 is 0. The molecule has 106 valence electrons. The fourth-order valence-electron chi connectivity index (χ4n) is 1.95. The van der Waals surface area contributed by atoms with E-state index in [0.29, 0.717) is 13.0 Å². The molecule has 3 N–H and O–H groups in total. The molecule has 0 aliphatic heterocycles. The van der Waals surface area contributed by atoms with Crippen molar-refractivity contribution in [3.05, 3.63) is 29.3 Å². The molecule has 5 nitrogen and oxygen atoms in total. The average Bonchev–Trinajstić information content (AvgIpc) is 2.33. The molecule has 0 radical (unpaired) electrons. The van der Waals surface area contributed by atoms with Gasteiger partial charge in [-0.05, 0) is 43.5 Å². The predicted octanol–water partition coefficient (Wildman–Crippen LogP) is 1.51. The molecular formula is C14H22N2O3. The molecule has 0 bridgehead atoms. The highest BCUT2D eigenvalue weighted by Crippen LogP contribution is 2.14. The Morgan fingerprint density at radius 3 is 2.26 bits per heavy atom. The van der Waals surface area contributed by atoms with Crippen molar-refractivity contribution in [2.24, 2.45) is 0 Å². The first kappa shape index (κ1) is 15.5. The van der Waals surface area contributed by atoms with Crippen molar-refractivity contribution >= 4 is 11.7 Å². The van der Waals surface area contributed by atoms with Gasteiger partial charge in [0.15, 0.2) is 0 Å². The Balaban J connectivity index is 2.69. The second-order valence-corrected chi connectivity index (χ2v) is 4.59. The van der Waals surface area contributed by atoms with Gasteiger partial charge in [0.05, 0.1) is 6.61 Å². The van der Waals surface area contributed by atoms with Crippen LogP contribution >= 0.6 is 0 Å². The predicted molar refractivity (Wildman–Crippen MR) is 75.3 cm³/mol. The van der Waals surface area contributed by atoms with E-state index in [1.165, 1.54) is 4.90 Å². The van der Waals surface area contributed by atoms with Crippen molar-refractivity contribution in [2.45, 2.75) is 20.3 Å². The van der Waals surface area contributed by atoms with Gasteiger partial charge in [-0.3, -0.25) is 0 Å². The van der Waals surface area contributed by atoms with E-state index in [-0.39, 0.29) is 25.8 Å². The number of hydrogen-bond donors (Lipinski definition) is 3. The van der Waals surface area contributed by atoms with E-state index >= 15 is 0 Å². The summed E-state index contributed by atoms with van der Waals surface area (Å²) in [5.41, 5.74) is 2.91. The molecule has 0 aliphatic carbocycles. The minimum atomic E-state index is -0.257. The second kappa shape index (κ2) is 7.76. The fraction of sp³-hybridized carbons (Fsp3) is 0.500. The summed E-state index contributed by atoms with van der Waals surface area (Å²) in [6.45, 7) is 4.56. The molecule has 5 heteroatoms. The maximum atomic E-state index is 12.1. The lowest BCUT2D eigenvalue weighted by atomic mass is 10.1. The van der Waals surface area contributed by atoms with E-state index in [1.807, 2.05) is 32.0 Å². The number of nitrogens with one attached hydrogen (secondary N) is 1. The Labute approximate surface area is 113 Å². The number of urea groups is 1. The third-order valence-electron chi connectivity index (χ3n) is 2.72. The fourth-order valence-corrected chi connectivity index (χ4v) is 1.95. The van der Waals surface area contributed by atoms with Crippen molar-refractivity contribution in [2.75, 3.05) is 31.6 Å². The lowest BCUT2D eigenvalue weighted by Crippen LogP contribution is -2.38. The van der Waals surface area contributed by atoms with Crippen LogP contribution in [0.4, 0.5) is 10.5 Å². The Bertz CT molecular complexity index is 401. The molecule has 1 rings (SSSR count). The quantitative estimate of drug-likeness (QED) is 0.731. The average molecular weight is 266 g/mol. The maximum Gasteiger partial charge on any atom is 0.321 e. The van der Waals surface area contributed by atoms with Gasteiger partial charge in [0, 0.05) is 25.4 Å². The Kier molecular flexibility index (Phi) is 6.32. The molecule has 0 fully saturated rings. The normalized spacial score (nSPS) is 10.3. The van der Waals surface area contributed by atoms with Crippen LogP contribution in [0.1, 0.15) is 17.5 Å². The van der Waals surface area contributed by atoms with Crippen molar-refractivity contribution in [3.63, 3.8) is 0 Å². The minimum Gasteiger partial charge on any atom is -0.396 e. The van der Waals surface area contributed by atoms with Gasteiger partial charge in [-0.1, -0.05) is 6.07 Å². The Morgan fingerprint density at radius 2 is 1.74 bits per heavy atom. The molecule has 0 atom stereocenters. The first-order valence-electron chi connectivity index (χ1n) is 6.42. The van der Waals surface area contributed by atoms with E-state index in [4.69, 9.17) is 10.2 Å². The minimum absolute atomic E-state index is 0.0265. The standard InChI is InChI=1S/C14H22N2O3/c1-11-8-12(2)10-13(9-11)15-14(19)16(5-7-18)4-3-6-17/h8-10,17-18H,3-7H2,1-2H3,(H,15,19). The van der Waals surface area contributed by atoms with E-state index in [9.17, 15) is 4.79 Å². The summed E-state index contributed by atoms with van der Waals surface area (Å²) in [6, 6.07) is 5.57. The monoisotopic (exact) mass is 266 g/mol. The molecule has 1 aromatic rings. The SMILES string of the molecule is Cc1cc(C)cc(NC(=O)N(CCO)CCCO)c1. The largest absolute Gasteiger partial charge is 0.396 e. The van der Waals surface area contributed by atoms with Crippen LogP contribution < -0.4 is 5.32 Å². The zero-order chi connectivity index (χ0) is 14.3. The Morgan fingerprint density at radius 1 is 1.11 bits per heavy atom. The van der Waals surface area contributed by atoms with Gasteiger partial charge in [-0.15, -0.1) is 0 Å². The van der Waals surface area contributed by atoms with Crippen molar-refractivity contribution in [3.8, 4) is 0 Å². The van der Waals surface area contributed by atoms with Crippen LogP contribution in [0.2, 0.25) is 0 Å². The highest BCUT2D eigenvalue weighted by atomic mass is 16.3. The van der Waals surface area contributed by atoms with Crippen LogP contribution in [0.25, 0.3) is 0 Å². The van der Waals surface area contributed by atoms with Crippen LogP contribution in [0, 0.1) is 13.8 Å². The highest BCUT2D eigenvalue weighted by Gasteiger charge is 2.12. The van der Waals surface area contributed by atoms with Crippen LogP contribution in [-0.4, -0.2) is 47.4 Å². The van der Waals surface area contributed by atoms with Gasteiger partial charge in [-0.25, -0.2) is 4.79 Å². The van der Waals surface area contributed by atoms with Gasteiger partial charge in [-0.2, -0.15) is 0 Å². The molecule has 0 spiro atoms. The second-order valence-electron chi connectivity index (χ2n) is 4.59. The molecule has 0 heterocycles. The van der Waals surface area contributed by atoms with Crippen LogP contribution in [0.3, 0.4) is 0 Å². The topological polar surface area (TPSA) is 72.8 Å². The molecule has 0 aliphatic rings. The number of benzene rings is 1. The Hall–Kier alpha value is -1.59. The van der Waals surface area contributed by atoms with E-state index in [1.54, 1.807) is 0 Å². The van der Waals surface area contributed by atoms with Crippen LogP contribution in [0.5, 0.6) is 0 Å². The first-order valence-corrected chi connectivity index (χ1v) is 6.42. The number of aliphatic hydroxyl groups excluding tert-OH is 2. The first-order chi connectivity index (χ1) is 9.06. The number of amides is 2. The molecular weight excluding hydrogens is 244 g/mol. The van der Waals surface area contributed by atoms with Gasteiger partial charge < -0.3 is 20.4 Å². The third kappa shape index (κ3) is 5.28. The lowest BCUT2D eigenvalue weighted by Gasteiger charge is -2.22. The number of aliphatic hydroxyl groups is 2. The summed E-state index contributed by atoms with van der Waals surface area (Å²) in [4.78, 5) is 13.5. The van der Waals surface area contributed by atoms with Gasteiger partial charge >= 0.3 is 6.03 Å². The smallest absolute Gasteiger partial charge is 0.321 e. The van der Waals surface area contributed by atoms with Crippen molar-refractivity contribution in [1.82, 2.24) is 4.90 Å². The van der Waals surface area contributed by atoms with E-state index in [2.05, 4.69) is 5.32 Å². The number of hydrogen-bond acceptors (Lipinski definition) is 3. The lowest BCUT2D eigenvalue weighted by molar-refractivity contribution is 0.180. The van der Waals surface area contributed by atoms with Crippen LogP contribution in [0.15, 0.2) is 18.2 Å². The van der Waals surface area contributed by atoms with Gasteiger partial charge in [0.1, 0.15) is 0 Å². The summed E-state index contributed by atoms with van der Waals surface area (Å²) in [7, 11) is 0. The number of carbonyl (C=O) groups is 1. The zero-order valence-electron chi connectivity index (χ0n) is 11.5. The van der Waals surface area contributed by atoms with E-state index in [0.717, 1.165) is 16.8 Å². The highest BCUT2D eigenvalue weighted by molar-refractivity contribution is 5.89. The number of rotatable bonds is 6. The summed E-state index contributed by atoms with van der Waals surface area (Å²) in [5.74, 6) is 0. The molecule has 0 aromatic heterocycles. The molecule has 0 unspecified atom stereocenters. The third-order valence-corrected chi connectivity index (χ3v) is 2.72. The number of nitrogens with zero attached hydrogens (tertiary/aromatic N) is 1. The molecule has 0 saturated carbocycles. The van der Waals surface area contributed by atoms with Gasteiger partial charge in [0.2, 0.25) is 0 Å². The maximum absolute atomic E-state index is 12.1. The van der Waals surface area contributed by atoms with Crippen molar-refractivity contribution < 1.29 is 15.0 Å². The number of carbonyl (C=O) groups excluding carboxylic acids is 1. The number of anilines is 1.